The molecule has 0 radical (unpaired) electrons. The summed E-state index contributed by atoms with van der Waals surface area (Å²) >= 11 is 0. The third kappa shape index (κ3) is 12.0. The Kier molecular flexibility index (Phi) is 17.5. The fraction of sp³-hybridized carbons (Fsp3) is 0.0275. The van der Waals surface area contributed by atoms with Crippen molar-refractivity contribution in [1.82, 2.24) is 4.57 Å². The molecule has 0 bridgehead atoms. The van der Waals surface area contributed by atoms with Gasteiger partial charge in [0.05, 0.1) is 11.0 Å². The van der Waals surface area contributed by atoms with Crippen LogP contribution in [0.15, 0.2) is 315 Å². The minimum Gasteiger partial charge on any atom is -0.310 e. The van der Waals surface area contributed by atoms with E-state index in [-0.39, 0.29) is 5.41 Å². The van der Waals surface area contributed by atoms with Gasteiger partial charge in [0.2, 0.25) is 0 Å². The highest BCUT2D eigenvalue weighted by Gasteiger charge is 2.36. The second kappa shape index (κ2) is 28.3. The van der Waals surface area contributed by atoms with Gasteiger partial charge in [-0.2, -0.15) is 0 Å². The van der Waals surface area contributed by atoms with Gasteiger partial charge in [-0.1, -0.05) is 237 Å². The molecular formula is C109H66N2. The molecule has 0 aliphatic heterocycles. The summed E-state index contributed by atoms with van der Waals surface area (Å²) in [5.74, 6) is 23.1. The number of nitrogens with zero attached hydrogens (tertiary/aromatic N) is 2. The van der Waals surface area contributed by atoms with E-state index in [0.29, 0.717) is 44.5 Å². The van der Waals surface area contributed by atoms with Crippen LogP contribution < -0.4 is 4.90 Å². The molecular weight excluding hydrogens is 1340 g/mol. The Morgan fingerprint density at radius 1 is 0.234 bits per heavy atom. The Morgan fingerprint density at radius 2 is 0.586 bits per heavy atom. The van der Waals surface area contributed by atoms with E-state index in [9.17, 15) is 0 Å². The monoisotopic (exact) mass is 1400 g/mol. The van der Waals surface area contributed by atoms with Gasteiger partial charge in [-0.15, -0.1) is 51.4 Å². The lowest BCUT2D eigenvalue weighted by atomic mass is 9.82. The van der Waals surface area contributed by atoms with Crippen molar-refractivity contribution in [2.75, 3.05) is 4.90 Å². The quantitative estimate of drug-likeness (QED) is 0.104. The van der Waals surface area contributed by atoms with Crippen molar-refractivity contribution in [1.29, 1.82) is 0 Å². The summed E-state index contributed by atoms with van der Waals surface area (Å²) in [5.41, 5.74) is 32.4. The first-order chi connectivity index (χ1) is 54.4. The molecule has 2 heteroatoms. The van der Waals surface area contributed by atoms with E-state index in [1.165, 1.54) is 27.8 Å². The summed E-state index contributed by atoms with van der Waals surface area (Å²) in [5, 5.41) is 2.16. The van der Waals surface area contributed by atoms with Gasteiger partial charge in [-0.05, 0) is 262 Å². The molecule has 16 aromatic rings. The zero-order chi connectivity index (χ0) is 76.0. The van der Waals surface area contributed by atoms with Gasteiger partial charge in [0.25, 0.3) is 0 Å². The van der Waals surface area contributed by atoms with Crippen LogP contribution in [-0.2, 0) is 5.41 Å². The normalized spacial score (nSPS) is 11.5. The highest BCUT2D eigenvalue weighted by molar-refractivity contribution is 6.12. The topological polar surface area (TPSA) is 8.17 Å². The van der Waals surface area contributed by atoms with E-state index in [1.54, 1.807) is 0 Å². The third-order valence-electron chi connectivity index (χ3n) is 21.8. The average molecular weight is 1400 g/mol. The SMILES string of the molecule is C#Cc1cccc(-c2cc(-c3cc(-c4ccc(-c5cccc(C#C)c5C#C)c(-c5cccc(C#C)c5C#C)c4)cc(-c4ccc5c(c4)c4cc(-c6ccc(N(c7ccc(-c8ccccc8)cc7)c7ccc8c(c7)C(C)(C)c7ccccc7-8)cc6)ccc4n5-c4ccccc4)c3)cc(-c3cccc(C#C)c3C#C)c2)c1C#C. The fourth-order valence-electron chi connectivity index (χ4n) is 16.4. The molecule has 2 nitrogen and oxygen atoms in total. The molecule has 1 aliphatic rings. The van der Waals surface area contributed by atoms with Crippen molar-refractivity contribution < 1.29 is 0 Å². The standard InChI is InChI=1S/C109H66N2/c1-11-71-33-27-40-95(91(71)15-5)85-64-84(65-86(66-85)96-41-28-34-72(12-2)92(96)16-6)83-62-81(79-49-57-99(97-42-29-35-73(13-3)93(97)17-7)102(67-79)98-43-30-36-74(14-4)94(98)18-8)61-82(63-83)80-51-60-108-104(69-80)103-68-78(50-59-107(103)111(108)87-37-23-20-24-38-87)77-47-54-89(55-48-77)110(88-52-45-76(46-53-88)75-31-21-19-22-32-75)90-56-58-101-100-39-25-26-44-105(100)109(9,10)106(101)70-90/h1-8,19-70H,9-10H3. The summed E-state index contributed by atoms with van der Waals surface area (Å²) in [7, 11) is 0. The van der Waals surface area contributed by atoms with Crippen LogP contribution >= 0.6 is 0 Å². The molecule has 15 aromatic carbocycles. The predicted molar refractivity (Wildman–Crippen MR) is 465 cm³/mol. The van der Waals surface area contributed by atoms with Crippen molar-refractivity contribution in [3.8, 4) is 216 Å². The lowest BCUT2D eigenvalue weighted by Gasteiger charge is -2.28. The lowest BCUT2D eigenvalue weighted by molar-refractivity contribution is 0.660. The maximum atomic E-state index is 6.45. The Bertz CT molecular complexity index is 6820. The molecule has 0 fully saturated rings. The molecule has 0 unspecified atom stereocenters. The van der Waals surface area contributed by atoms with Gasteiger partial charge in [0.1, 0.15) is 0 Å². The summed E-state index contributed by atoms with van der Waals surface area (Å²) in [6.45, 7) is 4.68. The van der Waals surface area contributed by atoms with Crippen LogP contribution in [-0.4, -0.2) is 4.57 Å². The van der Waals surface area contributed by atoms with Crippen molar-refractivity contribution >= 4 is 38.9 Å². The van der Waals surface area contributed by atoms with E-state index < -0.39 is 0 Å². The number of rotatable bonds is 13. The van der Waals surface area contributed by atoms with Gasteiger partial charge >= 0.3 is 0 Å². The van der Waals surface area contributed by atoms with Crippen LogP contribution in [0, 0.1) is 98.8 Å². The number of anilines is 3. The Balaban J connectivity index is 0.862. The largest absolute Gasteiger partial charge is 0.310 e. The van der Waals surface area contributed by atoms with Crippen molar-refractivity contribution in [3.63, 3.8) is 0 Å². The number of hydrogen-bond donors (Lipinski definition) is 0. The number of aromatic nitrogens is 1. The molecule has 0 spiro atoms. The van der Waals surface area contributed by atoms with Crippen molar-refractivity contribution in [3.05, 3.63) is 371 Å². The van der Waals surface area contributed by atoms with Crippen LogP contribution in [0.2, 0.25) is 0 Å². The summed E-state index contributed by atoms with van der Waals surface area (Å²) in [6, 6.07) is 111. The van der Waals surface area contributed by atoms with Gasteiger partial charge in [-0.25, -0.2) is 0 Å². The first kappa shape index (κ1) is 68.5. The summed E-state index contributed by atoms with van der Waals surface area (Å²) in [6.07, 6.45) is 50.3. The third-order valence-corrected chi connectivity index (χ3v) is 21.8. The number of benzene rings is 15. The minimum absolute atomic E-state index is 0.187. The molecule has 512 valence electrons. The number of fused-ring (bicyclic) bond motifs is 6. The smallest absolute Gasteiger partial charge is 0.0541 e. The number of para-hydroxylation sites is 1. The zero-order valence-corrected chi connectivity index (χ0v) is 61.0. The van der Waals surface area contributed by atoms with Gasteiger partial charge < -0.3 is 9.47 Å². The maximum Gasteiger partial charge on any atom is 0.0541 e. The summed E-state index contributed by atoms with van der Waals surface area (Å²) < 4.78 is 2.36. The average Bonchev–Trinajstić information content (AvgIpc) is 1.60. The van der Waals surface area contributed by atoms with Gasteiger partial charge in [0, 0.05) is 83.4 Å². The molecule has 111 heavy (non-hydrogen) atoms. The molecule has 0 amide bonds. The van der Waals surface area contributed by atoms with Crippen LogP contribution in [0.25, 0.3) is 139 Å². The second-order valence-corrected chi connectivity index (χ2v) is 28.3. The zero-order valence-electron chi connectivity index (χ0n) is 61.0. The van der Waals surface area contributed by atoms with E-state index in [2.05, 4.69) is 313 Å². The van der Waals surface area contributed by atoms with Crippen molar-refractivity contribution in [2.45, 2.75) is 19.3 Å². The van der Waals surface area contributed by atoms with Gasteiger partial charge in [-0.3, -0.25) is 0 Å². The van der Waals surface area contributed by atoms with Crippen LogP contribution in [0.5, 0.6) is 0 Å². The molecule has 1 aliphatic carbocycles. The van der Waals surface area contributed by atoms with Crippen molar-refractivity contribution in [2.24, 2.45) is 0 Å². The molecule has 1 aromatic heterocycles. The molecule has 0 saturated carbocycles. The number of hydrogen-bond acceptors (Lipinski definition) is 1. The molecule has 0 saturated heterocycles. The molecule has 0 N–H and O–H groups in total. The maximum absolute atomic E-state index is 6.45. The first-order valence-electron chi connectivity index (χ1n) is 36.6. The van der Waals surface area contributed by atoms with E-state index >= 15 is 0 Å². The summed E-state index contributed by atoms with van der Waals surface area (Å²) in [4.78, 5) is 2.38. The fourth-order valence-corrected chi connectivity index (χ4v) is 16.4. The van der Waals surface area contributed by atoms with Gasteiger partial charge in [0.15, 0.2) is 0 Å². The Labute approximate surface area is 650 Å². The highest BCUT2D eigenvalue weighted by atomic mass is 15.1. The van der Waals surface area contributed by atoms with Crippen LogP contribution in [0.3, 0.4) is 0 Å². The van der Waals surface area contributed by atoms with Crippen LogP contribution in [0.4, 0.5) is 17.1 Å². The Morgan fingerprint density at radius 3 is 1.09 bits per heavy atom. The predicted octanol–water partition coefficient (Wildman–Crippen LogP) is 25.4. The lowest BCUT2D eigenvalue weighted by Crippen LogP contribution is -2.16. The second-order valence-electron chi connectivity index (χ2n) is 28.3. The van der Waals surface area contributed by atoms with E-state index in [4.69, 9.17) is 51.4 Å². The minimum atomic E-state index is -0.187. The van der Waals surface area contributed by atoms with E-state index in [0.717, 1.165) is 139 Å². The molecule has 1 heterocycles. The molecule has 0 atom stereocenters. The molecule has 17 rings (SSSR count). The number of terminal acetylenes is 8. The van der Waals surface area contributed by atoms with Crippen LogP contribution in [0.1, 0.15) is 69.5 Å². The first-order valence-corrected chi connectivity index (χ1v) is 36.6. The highest BCUT2D eigenvalue weighted by Crippen LogP contribution is 2.52. The van der Waals surface area contributed by atoms with E-state index in [1.807, 2.05) is 72.8 Å². The Hall–Kier alpha value is -15.6.